The van der Waals surface area contributed by atoms with E-state index in [1.807, 2.05) is 0 Å². The van der Waals surface area contributed by atoms with Gasteiger partial charge in [-0.05, 0) is 31.4 Å². The first-order chi connectivity index (χ1) is 6.63. The molecular formula is C13H17Br. The van der Waals surface area contributed by atoms with Crippen molar-refractivity contribution in [3.05, 3.63) is 41.0 Å². The van der Waals surface area contributed by atoms with Crippen molar-refractivity contribution in [3.63, 3.8) is 0 Å². The number of allylic oxidation sites excluding steroid dienone is 1. The lowest BCUT2D eigenvalue weighted by Gasteiger charge is -2.03. The Morgan fingerprint density at radius 3 is 2.36 bits per heavy atom. The number of alkyl halides is 1. The van der Waals surface area contributed by atoms with Crippen molar-refractivity contribution in [1.29, 1.82) is 0 Å². The molecule has 1 atom stereocenters. The SMILES string of the molecule is CCc1ccc(/C=C(/C)C(C)Br)cc1. The molecule has 76 valence electrons. The molecule has 0 aliphatic carbocycles. The normalized spacial score (nSPS) is 14.1. The van der Waals surface area contributed by atoms with Crippen LogP contribution in [-0.4, -0.2) is 4.83 Å². The first-order valence-electron chi connectivity index (χ1n) is 5.04. The maximum absolute atomic E-state index is 3.56. The van der Waals surface area contributed by atoms with Gasteiger partial charge < -0.3 is 0 Å². The highest BCUT2D eigenvalue weighted by atomic mass is 79.9. The van der Waals surface area contributed by atoms with E-state index in [1.54, 1.807) is 0 Å². The van der Waals surface area contributed by atoms with Crippen molar-refractivity contribution in [2.75, 3.05) is 0 Å². The molecule has 0 saturated carbocycles. The van der Waals surface area contributed by atoms with Gasteiger partial charge in [0.1, 0.15) is 0 Å². The summed E-state index contributed by atoms with van der Waals surface area (Å²) in [5, 5.41) is 0. The van der Waals surface area contributed by atoms with Gasteiger partial charge in [0.2, 0.25) is 0 Å². The fourth-order valence-corrected chi connectivity index (χ4v) is 1.36. The van der Waals surface area contributed by atoms with Crippen LogP contribution in [0.3, 0.4) is 0 Å². The average molecular weight is 253 g/mol. The Labute approximate surface area is 95.2 Å². The zero-order valence-corrected chi connectivity index (χ0v) is 10.6. The summed E-state index contributed by atoms with van der Waals surface area (Å²) in [6.07, 6.45) is 3.33. The molecule has 0 aromatic heterocycles. The lowest BCUT2D eigenvalue weighted by molar-refractivity contribution is 1.14. The van der Waals surface area contributed by atoms with Crippen LogP contribution in [-0.2, 0) is 6.42 Å². The third-order valence-electron chi connectivity index (χ3n) is 2.41. The monoisotopic (exact) mass is 252 g/mol. The largest absolute Gasteiger partial charge is 0.0845 e. The second-order valence-electron chi connectivity index (χ2n) is 3.60. The van der Waals surface area contributed by atoms with E-state index in [9.17, 15) is 0 Å². The maximum Gasteiger partial charge on any atom is 0.0326 e. The van der Waals surface area contributed by atoms with Crippen LogP contribution < -0.4 is 0 Å². The number of benzene rings is 1. The predicted octanol–water partition coefficient (Wildman–Crippen LogP) is 4.44. The first-order valence-corrected chi connectivity index (χ1v) is 5.96. The summed E-state index contributed by atoms with van der Waals surface area (Å²) in [6.45, 7) is 6.47. The molecule has 0 saturated heterocycles. The van der Waals surface area contributed by atoms with E-state index >= 15 is 0 Å². The molecule has 14 heavy (non-hydrogen) atoms. The van der Waals surface area contributed by atoms with Crippen molar-refractivity contribution in [2.24, 2.45) is 0 Å². The van der Waals surface area contributed by atoms with E-state index < -0.39 is 0 Å². The minimum atomic E-state index is 0.452. The van der Waals surface area contributed by atoms with Gasteiger partial charge in [0.15, 0.2) is 0 Å². The molecule has 1 unspecified atom stereocenters. The van der Waals surface area contributed by atoms with Crippen LogP contribution in [0.25, 0.3) is 6.08 Å². The molecule has 0 radical (unpaired) electrons. The summed E-state index contributed by atoms with van der Waals surface area (Å²) in [5.74, 6) is 0. The Morgan fingerprint density at radius 1 is 1.36 bits per heavy atom. The van der Waals surface area contributed by atoms with E-state index in [0.717, 1.165) is 6.42 Å². The molecule has 0 N–H and O–H groups in total. The topological polar surface area (TPSA) is 0 Å². The van der Waals surface area contributed by atoms with Crippen LogP contribution in [0.5, 0.6) is 0 Å². The Bertz CT molecular complexity index is 307. The highest BCUT2D eigenvalue weighted by molar-refractivity contribution is 9.09. The third-order valence-corrected chi connectivity index (χ3v) is 3.13. The standard InChI is InChI=1S/C13H17Br/c1-4-12-5-7-13(8-6-12)9-10(2)11(3)14/h5-9,11H,4H2,1-3H3/b10-9-. The van der Waals surface area contributed by atoms with Crippen molar-refractivity contribution in [3.8, 4) is 0 Å². The van der Waals surface area contributed by atoms with Crippen LogP contribution in [0, 0.1) is 0 Å². The van der Waals surface area contributed by atoms with Crippen molar-refractivity contribution < 1.29 is 0 Å². The number of aryl methyl sites for hydroxylation is 1. The molecule has 1 aromatic rings. The van der Waals surface area contributed by atoms with E-state index in [4.69, 9.17) is 0 Å². The lowest BCUT2D eigenvalue weighted by atomic mass is 10.1. The molecule has 0 aliphatic rings. The van der Waals surface area contributed by atoms with E-state index in [0.29, 0.717) is 4.83 Å². The lowest BCUT2D eigenvalue weighted by Crippen LogP contribution is -1.90. The molecular weight excluding hydrogens is 236 g/mol. The summed E-state index contributed by atoms with van der Waals surface area (Å²) in [6, 6.07) is 8.74. The van der Waals surface area contributed by atoms with Crippen molar-refractivity contribution in [1.82, 2.24) is 0 Å². The second kappa shape index (κ2) is 5.35. The first kappa shape index (κ1) is 11.5. The molecule has 1 heteroatoms. The molecule has 0 spiro atoms. The molecule has 1 aromatic carbocycles. The van der Waals surface area contributed by atoms with Gasteiger partial charge in [-0.25, -0.2) is 0 Å². The van der Waals surface area contributed by atoms with E-state index in [-0.39, 0.29) is 0 Å². The molecule has 0 aliphatic heterocycles. The zero-order valence-electron chi connectivity index (χ0n) is 9.05. The third kappa shape index (κ3) is 3.30. The summed E-state index contributed by atoms with van der Waals surface area (Å²) >= 11 is 3.56. The molecule has 0 fully saturated rings. The number of halogens is 1. The minimum absolute atomic E-state index is 0.452. The Hall–Kier alpha value is -0.560. The van der Waals surface area contributed by atoms with Gasteiger partial charge in [-0.2, -0.15) is 0 Å². The number of hydrogen-bond donors (Lipinski definition) is 0. The second-order valence-corrected chi connectivity index (χ2v) is 4.97. The van der Waals surface area contributed by atoms with Crippen LogP contribution >= 0.6 is 15.9 Å². The molecule has 1 rings (SSSR count). The van der Waals surface area contributed by atoms with Crippen LogP contribution in [0.4, 0.5) is 0 Å². The zero-order chi connectivity index (χ0) is 10.6. The van der Waals surface area contributed by atoms with Gasteiger partial charge in [0, 0.05) is 4.83 Å². The van der Waals surface area contributed by atoms with E-state index in [1.165, 1.54) is 16.7 Å². The van der Waals surface area contributed by atoms with Gasteiger partial charge in [0.05, 0.1) is 0 Å². The van der Waals surface area contributed by atoms with Gasteiger partial charge in [-0.1, -0.05) is 58.8 Å². The maximum atomic E-state index is 3.56. The molecule has 0 bridgehead atoms. The highest BCUT2D eigenvalue weighted by Crippen LogP contribution is 2.15. The van der Waals surface area contributed by atoms with Gasteiger partial charge >= 0.3 is 0 Å². The Kier molecular flexibility index (Phi) is 4.40. The van der Waals surface area contributed by atoms with Crippen LogP contribution in [0.15, 0.2) is 29.8 Å². The summed E-state index contributed by atoms with van der Waals surface area (Å²) in [5.41, 5.74) is 4.03. The summed E-state index contributed by atoms with van der Waals surface area (Å²) in [4.78, 5) is 0.452. The number of rotatable bonds is 3. The minimum Gasteiger partial charge on any atom is -0.0845 e. The highest BCUT2D eigenvalue weighted by Gasteiger charge is 1.98. The van der Waals surface area contributed by atoms with Crippen LogP contribution in [0.1, 0.15) is 31.9 Å². The van der Waals surface area contributed by atoms with E-state index in [2.05, 4.69) is 67.0 Å². The smallest absolute Gasteiger partial charge is 0.0326 e. The summed E-state index contributed by atoms with van der Waals surface area (Å²) in [7, 11) is 0. The molecule has 0 nitrogen and oxygen atoms in total. The van der Waals surface area contributed by atoms with Crippen LogP contribution in [0.2, 0.25) is 0 Å². The fraction of sp³-hybridized carbons (Fsp3) is 0.385. The Morgan fingerprint density at radius 2 is 1.93 bits per heavy atom. The molecule has 0 heterocycles. The van der Waals surface area contributed by atoms with Gasteiger partial charge in [-0.15, -0.1) is 0 Å². The fourth-order valence-electron chi connectivity index (χ4n) is 1.23. The average Bonchev–Trinajstić information content (AvgIpc) is 2.19. The summed E-state index contributed by atoms with van der Waals surface area (Å²) < 4.78 is 0. The number of hydrogen-bond acceptors (Lipinski definition) is 0. The van der Waals surface area contributed by atoms with Gasteiger partial charge in [-0.3, -0.25) is 0 Å². The molecule has 0 amide bonds. The predicted molar refractivity (Wildman–Crippen MR) is 67.9 cm³/mol. The van der Waals surface area contributed by atoms with Crippen molar-refractivity contribution >= 4 is 22.0 Å². The quantitative estimate of drug-likeness (QED) is 0.699. The van der Waals surface area contributed by atoms with Gasteiger partial charge in [0.25, 0.3) is 0 Å². The Balaban J connectivity index is 2.83. The van der Waals surface area contributed by atoms with Crippen molar-refractivity contribution in [2.45, 2.75) is 32.0 Å².